The molecule has 4 N–H and O–H groups in total. The standard InChI is InChI=1S/C13H12N4O2S/c14-9-5-1-4-8-12(9)20(18,19)17-13-15-10-6-2-3-7-11(10)16-13/h1-8H,14H2,(H2,15,16,17). The molecular weight excluding hydrogens is 276 g/mol. The lowest BCUT2D eigenvalue weighted by atomic mass is 10.3. The third-order valence-corrected chi connectivity index (χ3v) is 4.24. The Kier molecular flexibility index (Phi) is 2.83. The van der Waals surface area contributed by atoms with Crippen molar-refractivity contribution in [1.29, 1.82) is 0 Å². The van der Waals surface area contributed by atoms with Gasteiger partial charge in [0.15, 0.2) is 0 Å². The summed E-state index contributed by atoms with van der Waals surface area (Å²) < 4.78 is 26.9. The van der Waals surface area contributed by atoms with E-state index < -0.39 is 10.0 Å². The highest BCUT2D eigenvalue weighted by atomic mass is 32.2. The topological polar surface area (TPSA) is 101 Å². The number of H-pyrrole nitrogens is 1. The second-order valence-corrected chi connectivity index (χ2v) is 5.90. The van der Waals surface area contributed by atoms with Gasteiger partial charge in [0.2, 0.25) is 5.95 Å². The molecule has 0 spiro atoms. The normalized spacial score (nSPS) is 11.6. The molecule has 0 fully saturated rings. The van der Waals surface area contributed by atoms with E-state index in [4.69, 9.17) is 5.73 Å². The highest BCUT2D eigenvalue weighted by Gasteiger charge is 2.18. The van der Waals surface area contributed by atoms with Gasteiger partial charge in [-0.1, -0.05) is 24.3 Å². The molecule has 0 unspecified atom stereocenters. The molecule has 6 nitrogen and oxygen atoms in total. The number of fused-ring (bicyclic) bond motifs is 1. The van der Waals surface area contributed by atoms with E-state index in [0.717, 1.165) is 5.52 Å². The number of sulfonamides is 1. The smallest absolute Gasteiger partial charge is 0.266 e. The van der Waals surface area contributed by atoms with Crippen molar-refractivity contribution in [3.8, 4) is 0 Å². The fourth-order valence-electron chi connectivity index (χ4n) is 1.91. The van der Waals surface area contributed by atoms with Crippen LogP contribution in [0.5, 0.6) is 0 Å². The Morgan fingerprint density at radius 3 is 2.50 bits per heavy atom. The largest absolute Gasteiger partial charge is 0.398 e. The van der Waals surface area contributed by atoms with E-state index in [1.54, 1.807) is 18.2 Å². The van der Waals surface area contributed by atoms with Crippen molar-refractivity contribution in [3.63, 3.8) is 0 Å². The van der Waals surface area contributed by atoms with Gasteiger partial charge in [-0.15, -0.1) is 0 Å². The number of nitrogens with two attached hydrogens (primary N) is 1. The summed E-state index contributed by atoms with van der Waals surface area (Å²) >= 11 is 0. The molecule has 102 valence electrons. The number of aromatic nitrogens is 2. The lowest BCUT2D eigenvalue weighted by Gasteiger charge is -2.07. The van der Waals surface area contributed by atoms with Crippen LogP contribution in [0.1, 0.15) is 0 Å². The Morgan fingerprint density at radius 1 is 1.05 bits per heavy atom. The summed E-state index contributed by atoms with van der Waals surface area (Å²) in [5, 5.41) is 0. The lowest BCUT2D eigenvalue weighted by Crippen LogP contribution is -2.15. The third kappa shape index (κ3) is 2.19. The molecule has 0 bridgehead atoms. The van der Waals surface area contributed by atoms with Crippen molar-refractivity contribution < 1.29 is 8.42 Å². The van der Waals surface area contributed by atoms with Gasteiger partial charge >= 0.3 is 0 Å². The van der Waals surface area contributed by atoms with E-state index in [9.17, 15) is 8.42 Å². The minimum absolute atomic E-state index is 0.0282. The molecule has 3 rings (SSSR count). The summed E-state index contributed by atoms with van der Waals surface area (Å²) in [4.78, 5) is 7.09. The second kappa shape index (κ2) is 4.53. The molecule has 1 heterocycles. The van der Waals surface area contributed by atoms with Crippen LogP contribution < -0.4 is 10.5 Å². The Labute approximate surface area is 115 Å². The number of nitrogen functional groups attached to an aromatic ring is 1. The Hall–Kier alpha value is -2.54. The van der Waals surface area contributed by atoms with Gasteiger partial charge in [-0.3, -0.25) is 0 Å². The molecule has 0 saturated heterocycles. The molecule has 1 aromatic heterocycles. The van der Waals surface area contributed by atoms with Crippen LogP contribution in [0.25, 0.3) is 11.0 Å². The first-order valence-corrected chi connectivity index (χ1v) is 7.37. The van der Waals surface area contributed by atoms with Crippen LogP contribution in [-0.4, -0.2) is 18.4 Å². The van der Waals surface area contributed by atoms with Gasteiger partial charge in [-0.25, -0.2) is 18.1 Å². The number of benzene rings is 2. The van der Waals surface area contributed by atoms with Crippen molar-refractivity contribution >= 4 is 32.7 Å². The van der Waals surface area contributed by atoms with Gasteiger partial charge in [-0.2, -0.15) is 0 Å². The Bertz CT molecular complexity index is 838. The molecule has 0 atom stereocenters. The van der Waals surface area contributed by atoms with Gasteiger partial charge in [-0.05, 0) is 24.3 Å². The van der Waals surface area contributed by atoms with Crippen LogP contribution in [0, 0.1) is 0 Å². The zero-order valence-electron chi connectivity index (χ0n) is 10.4. The predicted molar refractivity (Wildman–Crippen MR) is 77.8 cm³/mol. The first-order valence-electron chi connectivity index (χ1n) is 5.88. The number of nitrogens with zero attached hydrogens (tertiary/aromatic N) is 1. The van der Waals surface area contributed by atoms with E-state index in [-0.39, 0.29) is 16.5 Å². The average molecular weight is 288 g/mol. The number of para-hydroxylation sites is 3. The molecule has 7 heteroatoms. The van der Waals surface area contributed by atoms with E-state index in [0.29, 0.717) is 5.52 Å². The van der Waals surface area contributed by atoms with E-state index in [2.05, 4.69) is 14.7 Å². The van der Waals surface area contributed by atoms with Gasteiger partial charge in [0.1, 0.15) is 4.90 Å². The fraction of sp³-hybridized carbons (Fsp3) is 0. The maximum Gasteiger partial charge on any atom is 0.266 e. The minimum Gasteiger partial charge on any atom is -0.398 e. The first kappa shape index (κ1) is 12.5. The molecule has 0 aliphatic carbocycles. The van der Waals surface area contributed by atoms with Crippen LogP contribution in [0.3, 0.4) is 0 Å². The zero-order chi connectivity index (χ0) is 14.2. The van der Waals surface area contributed by atoms with Gasteiger partial charge in [0.05, 0.1) is 16.7 Å². The first-order chi connectivity index (χ1) is 9.56. The average Bonchev–Trinajstić information content (AvgIpc) is 2.80. The number of rotatable bonds is 3. The van der Waals surface area contributed by atoms with Crippen LogP contribution in [0.15, 0.2) is 53.4 Å². The van der Waals surface area contributed by atoms with Gasteiger partial charge in [0.25, 0.3) is 10.0 Å². The third-order valence-electron chi connectivity index (χ3n) is 2.83. The number of nitrogens with one attached hydrogen (secondary N) is 2. The zero-order valence-corrected chi connectivity index (χ0v) is 11.2. The SMILES string of the molecule is Nc1ccccc1S(=O)(=O)Nc1nc2ccccc2[nH]1. The van der Waals surface area contributed by atoms with Crippen molar-refractivity contribution in [2.75, 3.05) is 10.5 Å². The van der Waals surface area contributed by atoms with Crippen LogP contribution >= 0.6 is 0 Å². The van der Waals surface area contributed by atoms with Crippen molar-refractivity contribution in [1.82, 2.24) is 9.97 Å². The number of aromatic amines is 1. The minimum atomic E-state index is -3.76. The fourth-order valence-corrected chi connectivity index (χ4v) is 3.01. The molecule has 0 amide bonds. The highest BCUT2D eigenvalue weighted by molar-refractivity contribution is 7.92. The Morgan fingerprint density at radius 2 is 1.75 bits per heavy atom. The summed E-state index contributed by atoms with van der Waals surface area (Å²) in [5.41, 5.74) is 7.32. The summed E-state index contributed by atoms with van der Waals surface area (Å²) in [6, 6.07) is 13.6. The van der Waals surface area contributed by atoms with Crippen LogP contribution in [0.2, 0.25) is 0 Å². The van der Waals surface area contributed by atoms with E-state index in [1.165, 1.54) is 12.1 Å². The number of hydrogen-bond donors (Lipinski definition) is 3. The molecule has 0 saturated carbocycles. The molecule has 20 heavy (non-hydrogen) atoms. The number of imidazole rings is 1. The second-order valence-electron chi connectivity index (χ2n) is 4.25. The van der Waals surface area contributed by atoms with Crippen LogP contribution in [0.4, 0.5) is 11.6 Å². The summed E-state index contributed by atoms with van der Waals surface area (Å²) in [6.45, 7) is 0. The van der Waals surface area contributed by atoms with Crippen molar-refractivity contribution in [2.45, 2.75) is 4.90 Å². The number of anilines is 2. The number of hydrogen-bond acceptors (Lipinski definition) is 4. The highest BCUT2D eigenvalue weighted by Crippen LogP contribution is 2.21. The van der Waals surface area contributed by atoms with E-state index in [1.807, 2.05) is 18.2 Å². The van der Waals surface area contributed by atoms with Crippen molar-refractivity contribution in [2.24, 2.45) is 0 Å². The molecule has 3 aromatic rings. The monoisotopic (exact) mass is 288 g/mol. The Balaban J connectivity index is 1.99. The molecule has 0 aliphatic rings. The van der Waals surface area contributed by atoms with Crippen molar-refractivity contribution in [3.05, 3.63) is 48.5 Å². The van der Waals surface area contributed by atoms with Gasteiger partial charge in [0, 0.05) is 0 Å². The molecule has 2 aromatic carbocycles. The maximum atomic E-state index is 12.2. The molecule has 0 radical (unpaired) electrons. The molecular formula is C13H12N4O2S. The summed E-state index contributed by atoms with van der Waals surface area (Å²) in [7, 11) is -3.76. The van der Waals surface area contributed by atoms with E-state index >= 15 is 0 Å². The molecule has 0 aliphatic heterocycles. The van der Waals surface area contributed by atoms with Gasteiger partial charge < -0.3 is 10.7 Å². The predicted octanol–water partition coefficient (Wildman–Crippen LogP) is 1.95. The quantitative estimate of drug-likeness (QED) is 0.641. The summed E-state index contributed by atoms with van der Waals surface area (Å²) in [6.07, 6.45) is 0. The van der Waals surface area contributed by atoms with Crippen LogP contribution in [-0.2, 0) is 10.0 Å². The maximum absolute atomic E-state index is 12.2. The lowest BCUT2D eigenvalue weighted by molar-refractivity contribution is 0.601. The summed E-state index contributed by atoms with van der Waals surface area (Å²) in [5.74, 6) is 0.162.